The fourth-order valence-corrected chi connectivity index (χ4v) is 3.05. The average Bonchev–Trinajstić information content (AvgIpc) is 3.25. The van der Waals surface area contributed by atoms with Crippen molar-refractivity contribution in [3.63, 3.8) is 0 Å². The highest BCUT2D eigenvalue weighted by atomic mass is 19.1. The summed E-state index contributed by atoms with van der Waals surface area (Å²) < 4.78 is 18.3. The number of hydrogen-bond donors (Lipinski definition) is 2. The first-order valence-electron chi connectivity index (χ1n) is 8.24. The van der Waals surface area contributed by atoms with Gasteiger partial charge in [0.25, 0.3) is 0 Å². The van der Waals surface area contributed by atoms with Crippen LogP contribution in [0.25, 0.3) is 11.5 Å². The molecule has 0 radical (unpaired) electrons. The maximum atomic E-state index is 12.9. The quantitative estimate of drug-likeness (QED) is 0.839. The Kier molecular flexibility index (Phi) is 5.11. The lowest BCUT2D eigenvalue weighted by molar-refractivity contribution is -0.141. The van der Waals surface area contributed by atoms with E-state index in [0.29, 0.717) is 49.4 Å². The van der Waals surface area contributed by atoms with E-state index in [0.717, 1.165) is 0 Å². The summed E-state index contributed by atoms with van der Waals surface area (Å²) in [5, 5.41) is 11.8. The third-order valence-corrected chi connectivity index (χ3v) is 4.48. The summed E-state index contributed by atoms with van der Waals surface area (Å²) in [4.78, 5) is 27.3. The van der Waals surface area contributed by atoms with Crippen molar-refractivity contribution in [1.82, 2.24) is 10.3 Å². The van der Waals surface area contributed by atoms with Gasteiger partial charge in [0.1, 0.15) is 12.1 Å². The molecule has 0 unspecified atom stereocenters. The van der Waals surface area contributed by atoms with Crippen LogP contribution in [0.4, 0.5) is 4.39 Å². The lowest BCUT2D eigenvalue weighted by Gasteiger charge is -2.10. The first-order chi connectivity index (χ1) is 12.0. The van der Waals surface area contributed by atoms with E-state index < -0.39 is 11.9 Å². The first-order valence-corrected chi connectivity index (χ1v) is 8.24. The van der Waals surface area contributed by atoms with Crippen LogP contribution in [0, 0.1) is 17.7 Å². The zero-order valence-electron chi connectivity index (χ0n) is 13.6. The molecule has 2 N–H and O–H groups in total. The third kappa shape index (κ3) is 4.23. The predicted octanol–water partition coefficient (Wildman–Crippen LogP) is 2.64. The Balaban J connectivity index is 1.47. The fraction of sp³-hybridized carbons (Fsp3) is 0.389. The number of aromatic nitrogens is 1. The summed E-state index contributed by atoms with van der Waals surface area (Å²) in [5.74, 6) is -1.49. The molecule has 1 aromatic heterocycles. The predicted molar refractivity (Wildman–Crippen MR) is 87.1 cm³/mol. The molecule has 25 heavy (non-hydrogen) atoms. The van der Waals surface area contributed by atoms with E-state index in [4.69, 9.17) is 9.52 Å². The van der Waals surface area contributed by atoms with Gasteiger partial charge < -0.3 is 14.8 Å². The van der Waals surface area contributed by atoms with Gasteiger partial charge in [0.15, 0.2) is 0 Å². The van der Waals surface area contributed by atoms with Gasteiger partial charge in [0, 0.05) is 24.4 Å². The fourth-order valence-electron chi connectivity index (χ4n) is 3.05. The van der Waals surface area contributed by atoms with Gasteiger partial charge in [0.05, 0.1) is 11.6 Å². The topological polar surface area (TPSA) is 92.4 Å². The number of benzene rings is 1. The molecule has 1 heterocycles. The minimum absolute atomic E-state index is 0.106. The summed E-state index contributed by atoms with van der Waals surface area (Å²) in [6.07, 6.45) is 3.59. The van der Waals surface area contributed by atoms with Crippen molar-refractivity contribution in [2.24, 2.45) is 11.8 Å². The number of hydrogen-bond acceptors (Lipinski definition) is 4. The largest absolute Gasteiger partial charge is 0.481 e. The number of oxazole rings is 1. The Bertz CT molecular complexity index is 757. The van der Waals surface area contributed by atoms with Crippen molar-refractivity contribution in [2.45, 2.75) is 25.7 Å². The van der Waals surface area contributed by atoms with E-state index in [2.05, 4.69) is 10.3 Å². The Hall–Kier alpha value is -2.70. The molecule has 2 aromatic rings. The van der Waals surface area contributed by atoms with Gasteiger partial charge in [-0.3, -0.25) is 9.59 Å². The molecule has 1 aromatic carbocycles. The second-order valence-corrected chi connectivity index (χ2v) is 6.24. The van der Waals surface area contributed by atoms with Crippen molar-refractivity contribution in [1.29, 1.82) is 0 Å². The number of carboxylic acid groups (broad SMARTS) is 1. The molecule has 0 bridgehead atoms. The normalized spacial score (nSPS) is 19.7. The molecule has 132 valence electrons. The van der Waals surface area contributed by atoms with E-state index in [1.54, 1.807) is 12.1 Å². The van der Waals surface area contributed by atoms with Crippen LogP contribution < -0.4 is 5.32 Å². The van der Waals surface area contributed by atoms with Crippen LogP contribution in [0.1, 0.15) is 25.0 Å². The highest BCUT2D eigenvalue weighted by Gasteiger charge is 2.33. The van der Waals surface area contributed by atoms with Gasteiger partial charge in [-0.1, -0.05) is 0 Å². The summed E-state index contributed by atoms with van der Waals surface area (Å²) in [7, 11) is 0. The van der Waals surface area contributed by atoms with Crippen LogP contribution in [0.2, 0.25) is 0 Å². The van der Waals surface area contributed by atoms with Gasteiger partial charge in [-0.05, 0) is 43.5 Å². The molecule has 1 saturated carbocycles. The van der Waals surface area contributed by atoms with E-state index in [9.17, 15) is 14.0 Å². The average molecular weight is 346 g/mol. The molecule has 0 aliphatic heterocycles. The number of rotatable bonds is 6. The van der Waals surface area contributed by atoms with Gasteiger partial charge >= 0.3 is 5.97 Å². The zero-order chi connectivity index (χ0) is 17.8. The van der Waals surface area contributed by atoms with Crippen LogP contribution in [0.15, 0.2) is 34.9 Å². The van der Waals surface area contributed by atoms with E-state index in [-0.39, 0.29) is 17.6 Å². The smallest absolute Gasteiger partial charge is 0.306 e. The number of nitrogens with zero attached hydrogens (tertiary/aromatic N) is 1. The van der Waals surface area contributed by atoms with Gasteiger partial charge in [-0.2, -0.15) is 0 Å². The lowest BCUT2D eigenvalue weighted by atomic mass is 10.0. The Morgan fingerprint density at radius 3 is 2.64 bits per heavy atom. The molecule has 0 saturated heterocycles. The maximum absolute atomic E-state index is 12.9. The number of halogens is 1. The highest BCUT2D eigenvalue weighted by molar-refractivity contribution is 5.80. The SMILES string of the molecule is O=C(O)[C@@H]1CC[C@H](C(=O)NCCc2coc(-c3ccc(F)cc3)n2)C1. The monoisotopic (exact) mass is 346 g/mol. The molecular weight excluding hydrogens is 327 g/mol. The first kappa shape index (κ1) is 17.1. The Labute approximate surface area is 144 Å². The Morgan fingerprint density at radius 1 is 1.24 bits per heavy atom. The summed E-state index contributed by atoms with van der Waals surface area (Å²) in [6, 6.07) is 5.86. The number of carboxylic acids is 1. The van der Waals surface area contributed by atoms with Gasteiger partial charge in [-0.15, -0.1) is 0 Å². The van der Waals surface area contributed by atoms with Gasteiger partial charge in [0.2, 0.25) is 11.8 Å². The summed E-state index contributed by atoms with van der Waals surface area (Å²) >= 11 is 0. The molecule has 1 aliphatic carbocycles. The van der Waals surface area contributed by atoms with Gasteiger partial charge in [-0.25, -0.2) is 9.37 Å². The molecule has 7 heteroatoms. The minimum atomic E-state index is -0.828. The number of carbonyl (C=O) groups excluding carboxylic acids is 1. The zero-order valence-corrected chi connectivity index (χ0v) is 13.6. The molecular formula is C18H19FN2O4. The molecule has 1 fully saturated rings. The van der Waals surface area contributed by atoms with E-state index in [1.807, 2.05) is 0 Å². The standard InChI is InChI=1S/C18H19FN2O4/c19-14-5-3-11(4-6-14)17-21-15(10-25-17)7-8-20-16(22)12-1-2-13(9-12)18(23)24/h3-6,10,12-13H,1-2,7-9H2,(H,20,22)(H,23,24)/t12-,13+/m0/s1. The number of carbonyl (C=O) groups is 2. The van der Waals surface area contributed by atoms with Crippen molar-refractivity contribution in [3.05, 3.63) is 42.0 Å². The number of nitrogens with one attached hydrogen (secondary N) is 1. The highest BCUT2D eigenvalue weighted by Crippen LogP contribution is 2.31. The van der Waals surface area contributed by atoms with Crippen molar-refractivity contribution in [3.8, 4) is 11.5 Å². The third-order valence-electron chi connectivity index (χ3n) is 4.48. The van der Waals surface area contributed by atoms with Crippen LogP contribution >= 0.6 is 0 Å². The number of aliphatic carboxylic acids is 1. The minimum Gasteiger partial charge on any atom is -0.481 e. The summed E-state index contributed by atoms with van der Waals surface area (Å²) in [6.45, 7) is 0.405. The lowest BCUT2D eigenvalue weighted by Crippen LogP contribution is -2.31. The molecule has 1 aliphatic rings. The maximum Gasteiger partial charge on any atom is 0.306 e. The molecule has 3 rings (SSSR count). The van der Waals surface area contributed by atoms with Crippen LogP contribution in [0.5, 0.6) is 0 Å². The van der Waals surface area contributed by atoms with E-state index >= 15 is 0 Å². The summed E-state index contributed by atoms with van der Waals surface area (Å²) in [5.41, 5.74) is 1.37. The second-order valence-electron chi connectivity index (χ2n) is 6.24. The van der Waals surface area contributed by atoms with E-state index in [1.165, 1.54) is 18.4 Å². The van der Waals surface area contributed by atoms with Crippen molar-refractivity contribution >= 4 is 11.9 Å². The Morgan fingerprint density at radius 2 is 1.96 bits per heavy atom. The van der Waals surface area contributed by atoms with Crippen LogP contribution in [0.3, 0.4) is 0 Å². The molecule has 2 atom stereocenters. The van der Waals surface area contributed by atoms with Crippen LogP contribution in [-0.4, -0.2) is 28.5 Å². The van der Waals surface area contributed by atoms with Crippen molar-refractivity contribution in [2.75, 3.05) is 6.54 Å². The number of amides is 1. The molecule has 6 nitrogen and oxygen atoms in total. The van der Waals surface area contributed by atoms with Crippen molar-refractivity contribution < 1.29 is 23.5 Å². The second kappa shape index (κ2) is 7.46. The molecule has 0 spiro atoms. The van der Waals surface area contributed by atoms with Crippen LogP contribution in [-0.2, 0) is 16.0 Å². The molecule has 1 amide bonds.